The van der Waals surface area contributed by atoms with E-state index in [9.17, 15) is 13.9 Å². The number of aromatic nitrogens is 4. The summed E-state index contributed by atoms with van der Waals surface area (Å²) in [5.74, 6) is 4.84. The number of aliphatic hydroxyl groups excluding tert-OH is 1. The van der Waals surface area contributed by atoms with Crippen LogP contribution in [0.4, 0.5) is 14.5 Å². The summed E-state index contributed by atoms with van der Waals surface area (Å²) < 4.78 is 37.1. The molecule has 0 bridgehead atoms. The number of pyridine rings is 2. The van der Waals surface area contributed by atoms with Crippen LogP contribution in [0.25, 0.3) is 16.8 Å². The Kier molecular flexibility index (Phi) is 6.20. The Bertz CT molecular complexity index is 1350. The number of benzene rings is 1. The zero-order valence-electron chi connectivity index (χ0n) is 17.0. The lowest BCUT2D eigenvalue weighted by atomic mass is 10.1. The molecule has 4 rings (SSSR count). The van der Waals surface area contributed by atoms with Crippen LogP contribution in [0.15, 0.2) is 53.7 Å². The molecule has 1 atom stereocenters. The fourth-order valence-corrected chi connectivity index (χ4v) is 3.49. The van der Waals surface area contributed by atoms with E-state index in [0.717, 1.165) is 29.1 Å². The third-order valence-corrected chi connectivity index (χ3v) is 5.21. The second kappa shape index (κ2) is 9.21. The number of hydrogen-bond donors (Lipinski definition) is 2. The third-order valence-electron chi connectivity index (χ3n) is 4.34. The van der Waals surface area contributed by atoms with Gasteiger partial charge in [0.15, 0.2) is 5.65 Å². The molecule has 0 fully saturated rings. The number of hydrogen-bond acceptors (Lipinski definition) is 7. The monoisotopic (exact) mass is 453 g/mol. The van der Waals surface area contributed by atoms with E-state index >= 15 is 0 Å². The average molecular weight is 453 g/mol. The summed E-state index contributed by atoms with van der Waals surface area (Å²) in [7, 11) is 1.48. The van der Waals surface area contributed by atoms with Gasteiger partial charge in [-0.2, -0.15) is 0 Å². The molecule has 3 heterocycles. The van der Waals surface area contributed by atoms with Gasteiger partial charge in [0.1, 0.15) is 23.4 Å². The first-order valence-corrected chi connectivity index (χ1v) is 10.2. The molecule has 0 spiro atoms. The number of ether oxygens (including phenoxy) is 1. The van der Waals surface area contributed by atoms with Crippen molar-refractivity contribution in [3.63, 3.8) is 0 Å². The van der Waals surface area contributed by atoms with E-state index in [4.69, 9.17) is 4.74 Å². The summed E-state index contributed by atoms with van der Waals surface area (Å²) in [5, 5.41) is 17.5. The highest BCUT2D eigenvalue weighted by molar-refractivity contribution is 8.00. The molecule has 10 heteroatoms. The van der Waals surface area contributed by atoms with Gasteiger partial charge in [-0.25, -0.2) is 13.8 Å². The van der Waals surface area contributed by atoms with Crippen LogP contribution in [0.2, 0.25) is 0 Å². The first-order valence-electron chi connectivity index (χ1n) is 9.41. The minimum Gasteiger partial charge on any atom is -0.480 e. The van der Waals surface area contributed by atoms with Crippen molar-refractivity contribution in [1.29, 1.82) is 0 Å². The molecule has 7 nitrogen and oxygen atoms in total. The van der Waals surface area contributed by atoms with Crippen molar-refractivity contribution in [1.82, 2.24) is 19.6 Å². The molecule has 2 N–H and O–H groups in total. The lowest BCUT2D eigenvalue weighted by molar-refractivity contribution is 0.253. The summed E-state index contributed by atoms with van der Waals surface area (Å²) in [4.78, 5) is 4.55. The van der Waals surface area contributed by atoms with E-state index < -0.39 is 17.7 Å². The lowest BCUT2D eigenvalue weighted by Gasteiger charge is -2.12. The lowest BCUT2D eigenvalue weighted by Crippen LogP contribution is -1.98. The summed E-state index contributed by atoms with van der Waals surface area (Å²) in [6.45, 7) is 1.56. The van der Waals surface area contributed by atoms with Gasteiger partial charge in [-0.15, -0.1) is 10.2 Å². The number of rotatable bonds is 5. The minimum atomic E-state index is -0.784. The topological polar surface area (TPSA) is 84.6 Å². The van der Waals surface area contributed by atoms with Crippen molar-refractivity contribution in [2.45, 2.75) is 17.9 Å². The van der Waals surface area contributed by atoms with Crippen molar-refractivity contribution in [2.75, 3.05) is 11.8 Å². The number of nitrogens with zero attached hydrogens (tertiary/aromatic N) is 4. The van der Waals surface area contributed by atoms with Gasteiger partial charge in [-0.05, 0) is 55.1 Å². The van der Waals surface area contributed by atoms with Crippen LogP contribution in [0, 0.1) is 23.5 Å². The molecule has 0 aliphatic heterocycles. The maximum absolute atomic E-state index is 14.0. The van der Waals surface area contributed by atoms with Gasteiger partial charge in [-0.1, -0.05) is 5.92 Å². The molecule has 4 aromatic rings. The zero-order valence-corrected chi connectivity index (χ0v) is 17.8. The van der Waals surface area contributed by atoms with Gasteiger partial charge < -0.3 is 14.6 Å². The normalized spacial score (nSPS) is 11.7. The van der Waals surface area contributed by atoms with E-state index in [0.29, 0.717) is 23.0 Å². The summed E-state index contributed by atoms with van der Waals surface area (Å²) >= 11 is 0.979. The van der Waals surface area contributed by atoms with Crippen LogP contribution in [0.3, 0.4) is 0 Å². The third kappa shape index (κ3) is 4.64. The van der Waals surface area contributed by atoms with Gasteiger partial charge in [0.05, 0.1) is 12.0 Å². The number of fused-ring (bicyclic) bond motifs is 1. The molecule has 0 radical (unpaired) electrons. The number of nitrogens with one attached hydrogen (secondary N) is 1. The Hall–Kier alpha value is -3.68. The van der Waals surface area contributed by atoms with Crippen LogP contribution in [0.5, 0.6) is 5.88 Å². The smallest absolute Gasteiger partial charge is 0.237 e. The molecule has 1 aromatic carbocycles. The van der Waals surface area contributed by atoms with E-state index in [1.54, 1.807) is 35.9 Å². The quantitative estimate of drug-likeness (QED) is 0.350. The maximum atomic E-state index is 14.0. The molecule has 162 valence electrons. The van der Waals surface area contributed by atoms with Crippen molar-refractivity contribution in [3.8, 4) is 28.8 Å². The fourth-order valence-electron chi connectivity index (χ4n) is 2.83. The first kappa shape index (κ1) is 21.5. The highest BCUT2D eigenvalue weighted by Gasteiger charge is 2.12. The SMILES string of the molecule is COc1ncc(-c2ccc3nnc(C#CC(C)O)n3c2)cc1NSc1ccc(F)cc1F. The van der Waals surface area contributed by atoms with Crippen LogP contribution in [0.1, 0.15) is 12.7 Å². The Morgan fingerprint density at radius 3 is 2.75 bits per heavy atom. The van der Waals surface area contributed by atoms with Gasteiger partial charge in [0.2, 0.25) is 11.7 Å². The molecule has 1 unspecified atom stereocenters. The van der Waals surface area contributed by atoms with Crippen molar-refractivity contribution < 1.29 is 18.6 Å². The van der Waals surface area contributed by atoms with E-state index in [1.807, 2.05) is 6.07 Å². The molecule has 0 aliphatic rings. The van der Waals surface area contributed by atoms with Crippen LogP contribution < -0.4 is 9.46 Å². The summed E-state index contributed by atoms with van der Waals surface area (Å²) in [5.41, 5.74) is 2.66. The van der Waals surface area contributed by atoms with Crippen LogP contribution >= 0.6 is 11.9 Å². The molecular formula is C22H17F2N5O2S. The Morgan fingerprint density at radius 1 is 1.16 bits per heavy atom. The first-order chi connectivity index (χ1) is 15.4. The second-order valence-electron chi connectivity index (χ2n) is 6.67. The fraction of sp³-hybridized carbons (Fsp3) is 0.136. The zero-order chi connectivity index (χ0) is 22.7. The van der Waals surface area contributed by atoms with Crippen molar-refractivity contribution in [2.24, 2.45) is 0 Å². The maximum Gasteiger partial charge on any atom is 0.237 e. The summed E-state index contributed by atoms with van der Waals surface area (Å²) in [6.07, 6.45) is 2.66. The van der Waals surface area contributed by atoms with Crippen LogP contribution in [-0.4, -0.2) is 37.9 Å². The molecule has 0 saturated heterocycles. The Morgan fingerprint density at radius 2 is 2.00 bits per heavy atom. The number of methoxy groups -OCH3 is 1. The Labute approximate surface area is 186 Å². The molecular weight excluding hydrogens is 436 g/mol. The highest BCUT2D eigenvalue weighted by atomic mass is 32.2. The van der Waals surface area contributed by atoms with Gasteiger partial charge in [0, 0.05) is 29.6 Å². The second-order valence-corrected chi connectivity index (χ2v) is 7.52. The van der Waals surface area contributed by atoms with E-state index in [1.165, 1.54) is 19.2 Å². The molecule has 0 saturated carbocycles. The van der Waals surface area contributed by atoms with E-state index in [2.05, 4.69) is 31.7 Å². The highest BCUT2D eigenvalue weighted by Crippen LogP contribution is 2.32. The number of halogens is 2. The number of aliphatic hydroxyl groups is 1. The predicted molar refractivity (Wildman–Crippen MR) is 117 cm³/mol. The number of anilines is 1. The van der Waals surface area contributed by atoms with Crippen LogP contribution in [-0.2, 0) is 0 Å². The van der Waals surface area contributed by atoms with E-state index in [-0.39, 0.29) is 4.90 Å². The average Bonchev–Trinajstić information content (AvgIpc) is 3.19. The molecule has 0 aliphatic carbocycles. The standard InChI is InChI=1S/C22H17F2N5O2S/c1-13(30)3-7-20-26-27-21-8-4-14(12-29(20)21)15-9-18(22(31-2)25-11-15)28-32-19-6-5-16(23)10-17(19)24/h4-6,8-13,28,30H,1-2H3. The molecule has 32 heavy (non-hydrogen) atoms. The molecule has 0 amide bonds. The van der Waals surface area contributed by atoms with Gasteiger partial charge in [-0.3, -0.25) is 4.40 Å². The molecule has 3 aromatic heterocycles. The van der Waals surface area contributed by atoms with Crippen molar-refractivity contribution >= 4 is 23.3 Å². The van der Waals surface area contributed by atoms with Gasteiger partial charge in [0.25, 0.3) is 0 Å². The van der Waals surface area contributed by atoms with Crippen molar-refractivity contribution in [3.05, 3.63) is 66.3 Å². The predicted octanol–water partition coefficient (Wildman–Crippen LogP) is 3.93. The largest absolute Gasteiger partial charge is 0.480 e. The van der Waals surface area contributed by atoms with Gasteiger partial charge >= 0.3 is 0 Å². The summed E-state index contributed by atoms with van der Waals surface area (Å²) in [6, 6.07) is 8.80. The Balaban J connectivity index is 1.66. The minimum absolute atomic E-state index is 0.228.